The summed E-state index contributed by atoms with van der Waals surface area (Å²) in [6, 6.07) is 22.0. The van der Waals surface area contributed by atoms with Crippen LogP contribution < -0.4 is 16.0 Å². The quantitative estimate of drug-likeness (QED) is 0.378. The molecule has 4 nitrogen and oxygen atoms in total. The molecule has 0 aromatic heterocycles. The van der Waals surface area contributed by atoms with Crippen LogP contribution in [0.4, 0.5) is 11.4 Å². The van der Waals surface area contributed by atoms with Gasteiger partial charge in [0.15, 0.2) is 0 Å². The molecule has 0 bridgehead atoms. The number of benzene rings is 3. The van der Waals surface area contributed by atoms with Gasteiger partial charge >= 0.3 is 0 Å². The summed E-state index contributed by atoms with van der Waals surface area (Å²) in [5.41, 5.74) is 1.94. The number of anilines is 2. The zero-order valence-electron chi connectivity index (χ0n) is 13.6. The third kappa shape index (κ3) is 4.18. The third-order valence-electron chi connectivity index (χ3n) is 3.93. The van der Waals surface area contributed by atoms with Crippen LogP contribution in [0.1, 0.15) is 0 Å². The van der Waals surface area contributed by atoms with E-state index in [2.05, 4.69) is 58.4 Å². The topological polar surface area (TPSA) is 56.3 Å². The minimum Gasteiger partial charge on any atom is -0.506 e. The van der Waals surface area contributed by atoms with Gasteiger partial charge in [-0.25, -0.2) is 0 Å². The maximum Gasteiger partial charge on any atom is 0.138 e. The number of hydrogen-bond acceptors (Lipinski definition) is 4. The van der Waals surface area contributed by atoms with Gasteiger partial charge in [0, 0.05) is 37.3 Å². The van der Waals surface area contributed by atoms with E-state index in [1.807, 2.05) is 18.2 Å². The summed E-state index contributed by atoms with van der Waals surface area (Å²) in [5.74, 6) is 0.287. The van der Waals surface area contributed by atoms with Crippen LogP contribution in [0.5, 0.6) is 5.75 Å². The first kappa shape index (κ1) is 16.1. The van der Waals surface area contributed by atoms with E-state index in [1.54, 1.807) is 6.07 Å². The van der Waals surface area contributed by atoms with E-state index < -0.39 is 0 Å². The predicted molar refractivity (Wildman–Crippen MR) is 102 cm³/mol. The van der Waals surface area contributed by atoms with Crippen molar-refractivity contribution in [3.63, 3.8) is 0 Å². The fraction of sp³-hybridized carbons (Fsp3) is 0.200. The Hall–Kier alpha value is -2.72. The van der Waals surface area contributed by atoms with Crippen molar-refractivity contribution in [3.8, 4) is 5.75 Å². The van der Waals surface area contributed by atoms with Gasteiger partial charge in [-0.3, -0.25) is 0 Å². The fourth-order valence-corrected chi connectivity index (χ4v) is 2.70. The molecule has 0 unspecified atom stereocenters. The molecule has 124 valence electrons. The van der Waals surface area contributed by atoms with Crippen molar-refractivity contribution in [2.75, 3.05) is 36.8 Å². The van der Waals surface area contributed by atoms with Gasteiger partial charge in [0.05, 0.1) is 5.69 Å². The molecule has 3 rings (SSSR count). The number of phenolic OH excluding ortho intramolecular Hbond substituents is 1. The lowest BCUT2D eigenvalue weighted by Gasteiger charge is -2.11. The smallest absolute Gasteiger partial charge is 0.138 e. The maximum absolute atomic E-state index is 9.67. The van der Waals surface area contributed by atoms with Crippen LogP contribution in [-0.4, -0.2) is 31.3 Å². The summed E-state index contributed by atoms with van der Waals surface area (Å²) >= 11 is 0. The number of fused-ring (bicyclic) bond motifs is 1. The maximum atomic E-state index is 9.67. The Balaban J connectivity index is 1.37. The number of rotatable bonds is 8. The molecular weight excluding hydrogens is 298 g/mol. The van der Waals surface area contributed by atoms with Gasteiger partial charge < -0.3 is 21.1 Å². The number of hydrogen-bond donors (Lipinski definition) is 4. The van der Waals surface area contributed by atoms with E-state index in [1.165, 1.54) is 16.5 Å². The van der Waals surface area contributed by atoms with Crippen LogP contribution in [0, 0.1) is 0 Å². The molecule has 0 spiro atoms. The van der Waals surface area contributed by atoms with Gasteiger partial charge in [-0.2, -0.15) is 0 Å². The average molecular weight is 321 g/mol. The van der Waals surface area contributed by atoms with Crippen LogP contribution in [0.2, 0.25) is 0 Å². The highest BCUT2D eigenvalue weighted by Gasteiger charge is 1.99. The minimum atomic E-state index is 0.287. The third-order valence-corrected chi connectivity index (χ3v) is 3.93. The monoisotopic (exact) mass is 321 g/mol. The summed E-state index contributed by atoms with van der Waals surface area (Å²) in [4.78, 5) is 0. The fourth-order valence-electron chi connectivity index (χ4n) is 2.70. The molecule has 3 aromatic carbocycles. The SMILES string of the molecule is Oc1ccccc1NCCNCCNc1cccc2ccccc12. The largest absolute Gasteiger partial charge is 0.506 e. The Bertz CT molecular complexity index is 783. The van der Waals surface area contributed by atoms with Gasteiger partial charge in [-0.15, -0.1) is 0 Å². The van der Waals surface area contributed by atoms with Crippen molar-refractivity contribution < 1.29 is 5.11 Å². The molecule has 24 heavy (non-hydrogen) atoms. The zero-order chi connectivity index (χ0) is 16.6. The van der Waals surface area contributed by atoms with Crippen LogP contribution in [0.15, 0.2) is 66.7 Å². The summed E-state index contributed by atoms with van der Waals surface area (Å²) < 4.78 is 0. The van der Waals surface area contributed by atoms with Gasteiger partial charge in [0.2, 0.25) is 0 Å². The van der Waals surface area contributed by atoms with Crippen molar-refractivity contribution in [3.05, 3.63) is 66.7 Å². The second-order valence-corrected chi connectivity index (χ2v) is 5.65. The van der Waals surface area contributed by atoms with Crippen LogP contribution in [0.25, 0.3) is 10.8 Å². The normalized spacial score (nSPS) is 10.7. The van der Waals surface area contributed by atoms with E-state index >= 15 is 0 Å². The Kier molecular flexibility index (Phi) is 5.53. The molecule has 0 radical (unpaired) electrons. The highest BCUT2D eigenvalue weighted by molar-refractivity contribution is 5.93. The van der Waals surface area contributed by atoms with Gasteiger partial charge in [-0.1, -0.05) is 48.5 Å². The Morgan fingerprint density at radius 3 is 2.08 bits per heavy atom. The van der Waals surface area contributed by atoms with E-state index in [9.17, 15) is 5.11 Å². The molecular formula is C20H23N3O. The van der Waals surface area contributed by atoms with Crippen molar-refractivity contribution in [1.29, 1.82) is 0 Å². The highest BCUT2D eigenvalue weighted by atomic mass is 16.3. The van der Waals surface area contributed by atoms with Crippen LogP contribution >= 0.6 is 0 Å². The lowest BCUT2D eigenvalue weighted by molar-refractivity contribution is 0.477. The van der Waals surface area contributed by atoms with Crippen molar-refractivity contribution in [1.82, 2.24) is 5.32 Å². The molecule has 0 aliphatic carbocycles. The molecule has 0 aliphatic heterocycles. The molecule has 0 fully saturated rings. The Labute approximate surface area is 142 Å². The van der Waals surface area contributed by atoms with Gasteiger partial charge in [0.1, 0.15) is 5.75 Å². The standard InChI is InChI=1S/C20H23N3O/c24-20-11-4-3-9-19(20)23-15-13-21-12-14-22-18-10-5-7-16-6-1-2-8-17(16)18/h1-11,21-24H,12-15H2. The van der Waals surface area contributed by atoms with Crippen molar-refractivity contribution >= 4 is 22.1 Å². The van der Waals surface area contributed by atoms with Crippen molar-refractivity contribution in [2.24, 2.45) is 0 Å². The molecule has 0 aliphatic rings. The first-order chi connectivity index (χ1) is 11.8. The Morgan fingerprint density at radius 2 is 1.25 bits per heavy atom. The average Bonchev–Trinajstić information content (AvgIpc) is 2.62. The Morgan fingerprint density at radius 1 is 0.625 bits per heavy atom. The van der Waals surface area contributed by atoms with Gasteiger partial charge in [-0.05, 0) is 23.6 Å². The molecule has 0 saturated heterocycles. The highest BCUT2D eigenvalue weighted by Crippen LogP contribution is 2.22. The summed E-state index contributed by atoms with van der Waals surface area (Å²) in [5, 5.41) is 22.3. The first-order valence-corrected chi connectivity index (χ1v) is 8.29. The first-order valence-electron chi connectivity index (χ1n) is 8.29. The van der Waals surface area contributed by atoms with E-state index in [-0.39, 0.29) is 5.75 Å². The number of phenols is 1. The van der Waals surface area contributed by atoms with E-state index in [4.69, 9.17) is 0 Å². The van der Waals surface area contributed by atoms with E-state index in [0.717, 1.165) is 31.9 Å². The molecule has 4 heteroatoms. The molecule has 0 amide bonds. The summed E-state index contributed by atoms with van der Waals surface area (Å²) in [6.07, 6.45) is 0. The second-order valence-electron chi connectivity index (χ2n) is 5.65. The second kappa shape index (κ2) is 8.22. The predicted octanol–water partition coefficient (Wildman–Crippen LogP) is 3.66. The number of para-hydroxylation sites is 2. The molecule has 0 heterocycles. The summed E-state index contributed by atoms with van der Waals surface area (Å²) in [6.45, 7) is 3.35. The minimum absolute atomic E-state index is 0.287. The summed E-state index contributed by atoms with van der Waals surface area (Å²) in [7, 11) is 0. The number of nitrogens with one attached hydrogen (secondary N) is 3. The van der Waals surface area contributed by atoms with Crippen LogP contribution in [-0.2, 0) is 0 Å². The van der Waals surface area contributed by atoms with Crippen molar-refractivity contribution in [2.45, 2.75) is 0 Å². The van der Waals surface area contributed by atoms with Gasteiger partial charge in [0.25, 0.3) is 0 Å². The zero-order valence-corrected chi connectivity index (χ0v) is 13.6. The molecule has 3 aromatic rings. The lowest BCUT2D eigenvalue weighted by Crippen LogP contribution is -2.27. The van der Waals surface area contributed by atoms with E-state index in [0.29, 0.717) is 0 Å². The molecule has 0 saturated carbocycles. The lowest BCUT2D eigenvalue weighted by atomic mass is 10.1. The number of aromatic hydroxyl groups is 1. The molecule has 4 N–H and O–H groups in total. The van der Waals surface area contributed by atoms with Crippen LogP contribution in [0.3, 0.4) is 0 Å². The molecule has 0 atom stereocenters.